The first-order valence-electron chi connectivity index (χ1n) is 11.0. The highest BCUT2D eigenvalue weighted by molar-refractivity contribution is 8.00. The molecule has 1 saturated heterocycles. The van der Waals surface area contributed by atoms with E-state index in [-0.39, 0.29) is 17.5 Å². The van der Waals surface area contributed by atoms with Crippen molar-refractivity contribution in [2.75, 3.05) is 36.5 Å². The predicted molar refractivity (Wildman–Crippen MR) is 135 cm³/mol. The summed E-state index contributed by atoms with van der Waals surface area (Å²) >= 11 is 7.37. The first kappa shape index (κ1) is 23.6. The molecular formula is C24H27ClN4O3S. The molecule has 7 nitrogen and oxygen atoms in total. The molecule has 1 amide bonds. The van der Waals surface area contributed by atoms with Crippen molar-refractivity contribution in [1.29, 1.82) is 0 Å². The molecule has 33 heavy (non-hydrogen) atoms. The minimum absolute atomic E-state index is 0.101. The van der Waals surface area contributed by atoms with Crippen molar-refractivity contribution in [3.05, 3.63) is 57.8 Å². The zero-order chi connectivity index (χ0) is 23.5. The van der Waals surface area contributed by atoms with Crippen molar-refractivity contribution >= 4 is 51.5 Å². The number of hydrogen-bond acceptors (Lipinski definition) is 6. The van der Waals surface area contributed by atoms with Crippen LogP contribution in [0.5, 0.6) is 0 Å². The molecule has 1 N–H and O–H groups in total. The monoisotopic (exact) mass is 486 g/mol. The molecule has 174 valence electrons. The Bertz CT molecular complexity index is 1210. The molecule has 4 rings (SSSR count). The van der Waals surface area contributed by atoms with Crippen molar-refractivity contribution in [1.82, 2.24) is 9.55 Å². The van der Waals surface area contributed by atoms with Gasteiger partial charge in [0, 0.05) is 35.5 Å². The fourth-order valence-corrected chi connectivity index (χ4v) is 4.93. The van der Waals surface area contributed by atoms with Crippen molar-refractivity contribution in [3.63, 3.8) is 0 Å². The number of fused-ring (bicyclic) bond motifs is 1. The number of ether oxygens (including phenoxy) is 1. The maximum absolute atomic E-state index is 13.1. The molecule has 0 unspecified atom stereocenters. The SMILES string of the molecule is CC(C)n1c(S[C@@H](C)C(=O)Nc2ccc(N3CCOCC3)cc2)nc2cc(Cl)ccc2c1=O. The Labute approximate surface area is 202 Å². The molecule has 0 aliphatic carbocycles. The third-order valence-corrected chi connectivity index (χ3v) is 6.81. The number of carbonyl (C=O) groups excluding carboxylic acids is 1. The third kappa shape index (κ3) is 5.34. The van der Waals surface area contributed by atoms with Gasteiger partial charge in [-0.2, -0.15) is 0 Å². The minimum atomic E-state index is -0.461. The molecule has 1 aromatic heterocycles. The van der Waals surface area contributed by atoms with E-state index in [0.717, 1.165) is 37.7 Å². The van der Waals surface area contributed by atoms with Crippen LogP contribution in [0.4, 0.5) is 11.4 Å². The molecule has 0 bridgehead atoms. The van der Waals surface area contributed by atoms with E-state index in [2.05, 4.69) is 15.2 Å². The van der Waals surface area contributed by atoms with Crippen LogP contribution in [-0.4, -0.2) is 47.0 Å². The molecule has 2 aromatic carbocycles. The summed E-state index contributed by atoms with van der Waals surface area (Å²) in [6, 6.07) is 12.8. The van der Waals surface area contributed by atoms with E-state index in [9.17, 15) is 9.59 Å². The van der Waals surface area contributed by atoms with Crippen LogP contribution in [0.15, 0.2) is 52.4 Å². The molecule has 3 aromatic rings. The molecule has 9 heteroatoms. The van der Waals surface area contributed by atoms with Gasteiger partial charge in [-0.05, 0) is 63.2 Å². The van der Waals surface area contributed by atoms with E-state index < -0.39 is 5.25 Å². The van der Waals surface area contributed by atoms with E-state index in [4.69, 9.17) is 16.3 Å². The lowest BCUT2D eigenvalue weighted by Gasteiger charge is -2.29. The molecule has 0 spiro atoms. The van der Waals surface area contributed by atoms with Gasteiger partial charge in [-0.3, -0.25) is 14.2 Å². The summed E-state index contributed by atoms with van der Waals surface area (Å²) in [6.07, 6.45) is 0. The number of nitrogens with one attached hydrogen (secondary N) is 1. The predicted octanol–water partition coefficient (Wildman–Crippen LogP) is 4.59. The maximum atomic E-state index is 13.1. The largest absolute Gasteiger partial charge is 0.378 e. The zero-order valence-electron chi connectivity index (χ0n) is 18.9. The lowest BCUT2D eigenvalue weighted by Crippen LogP contribution is -2.36. The standard InChI is InChI=1S/C24H27ClN4O3S/c1-15(2)29-23(31)20-9-4-17(25)14-21(20)27-24(29)33-16(3)22(30)26-18-5-7-19(8-6-18)28-10-12-32-13-11-28/h4-9,14-16H,10-13H2,1-3H3,(H,26,30)/t16-/m0/s1. The number of amides is 1. The summed E-state index contributed by atoms with van der Waals surface area (Å²) in [7, 11) is 0. The Morgan fingerprint density at radius 2 is 1.82 bits per heavy atom. The van der Waals surface area contributed by atoms with Gasteiger partial charge in [0.2, 0.25) is 5.91 Å². The van der Waals surface area contributed by atoms with Gasteiger partial charge in [0.25, 0.3) is 5.56 Å². The number of benzene rings is 2. The van der Waals surface area contributed by atoms with Crippen molar-refractivity contribution in [2.24, 2.45) is 0 Å². The van der Waals surface area contributed by atoms with Gasteiger partial charge in [0.1, 0.15) is 0 Å². The van der Waals surface area contributed by atoms with E-state index in [1.54, 1.807) is 29.7 Å². The van der Waals surface area contributed by atoms with E-state index in [1.807, 2.05) is 38.1 Å². The van der Waals surface area contributed by atoms with Gasteiger partial charge in [-0.25, -0.2) is 4.98 Å². The highest BCUT2D eigenvalue weighted by atomic mass is 35.5. The number of halogens is 1. The van der Waals surface area contributed by atoms with Crippen LogP contribution < -0.4 is 15.8 Å². The quantitative estimate of drug-likeness (QED) is 0.406. The fourth-order valence-electron chi connectivity index (χ4n) is 3.72. The summed E-state index contributed by atoms with van der Waals surface area (Å²) < 4.78 is 7.03. The summed E-state index contributed by atoms with van der Waals surface area (Å²) in [5.41, 5.74) is 2.22. The van der Waals surface area contributed by atoms with Gasteiger partial charge < -0.3 is 15.0 Å². The van der Waals surface area contributed by atoms with Crippen LogP contribution in [0.1, 0.15) is 26.8 Å². The Morgan fingerprint density at radius 3 is 2.48 bits per heavy atom. The Morgan fingerprint density at radius 1 is 1.12 bits per heavy atom. The van der Waals surface area contributed by atoms with Crippen LogP contribution in [0.2, 0.25) is 5.02 Å². The normalized spacial score (nSPS) is 15.1. The van der Waals surface area contributed by atoms with Crippen LogP contribution in [-0.2, 0) is 9.53 Å². The van der Waals surface area contributed by atoms with Gasteiger partial charge in [-0.1, -0.05) is 23.4 Å². The number of rotatable bonds is 6. The summed E-state index contributed by atoms with van der Waals surface area (Å²) in [5.74, 6) is -0.158. The highest BCUT2D eigenvalue weighted by Gasteiger charge is 2.21. The van der Waals surface area contributed by atoms with Crippen LogP contribution in [0, 0.1) is 0 Å². The van der Waals surface area contributed by atoms with Crippen molar-refractivity contribution < 1.29 is 9.53 Å². The molecule has 2 heterocycles. The average molecular weight is 487 g/mol. The van der Waals surface area contributed by atoms with Crippen LogP contribution in [0.25, 0.3) is 10.9 Å². The second-order valence-electron chi connectivity index (χ2n) is 8.22. The molecule has 1 aliphatic heterocycles. The number of thioether (sulfide) groups is 1. The molecule has 1 atom stereocenters. The number of nitrogens with zero attached hydrogens (tertiary/aromatic N) is 3. The lowest BCUT2D eigenvalue weighted by atomic mass is 10.2. The zero-order valence-corrected chi connectivity index (χ0v) is 20.4. The molecule has 0 radical (unpaired) electrons. The minimum Gasteiger partial charge on any atom is -0.378 e. The summed E-state index contributed by atoms with van der Waals surface area (Å²) in [5, 5.41) is 4.02. The fraction of sp³-hybridized carbons (Fsp3) is 0.375. The van der Waals surface area contributed by atoms with Crippen molar-refractivity contribution in [3.8, 4) is 0 Å². The van der Waals surface area contributed by atoms with Gasteiger partial charge in [-0.15, -0.1) is 0 Å². The summed E-state index contributed by atoms with van der Waals surface area (Å²) in [6.45, 7) is 8.83. The Kier molecular flexibility index (Phi) is 7.26. The van der Waals surface area contributed by atoms with E-state index in [1.165, 1.54) is 11.8 Å². The maximum Gasteiger partial charge on any atom is 0.262 e. The summed E-state index contributed by atoms with van der Waals surface area (Å²) in [4.78, 5) is 32.9. The number of carbonyl (C=O) groups is 1. The van der Waals surface area contributed by atoms with Gasteiger partial charge >= 0.3 is 0 Å². The lowest BCUT2D eigenvalue weighted by molar-refractivity contribution is -0.115. The molecule has 1 aliphatic rings. The third-order valence-electron chi connectivity index (χ3n) is 5.51. The van der Waals surface area contributed by atoms with E-state index in [0.29, 0.717) is 21.1 Å². The Balaban J connectivity index is 1.50. The van der Waals surface area contributed by atoms with Gasteiger partial charge in [0.15, 0.2) is 5.16 Å². The molecule has 0 saturated carbocycles. The number of hydrogen-bond donors (Lipinski definition) is 1. The van der Waals surface area contributed by atoms with E-state index >= 15 is 0 Å². The van der Waals surface area contributed by atoms with Crippen LogP contribution in [0.3, 0.4) is 0 Å². The number of morpholine rings is 1. The topological polar surface area (TPSA) is 76.5 Å². The smallest absolute Gasteiger partial charge is 0.262 e. The molecule has 1 fully saturated rings. The van der Waals surface area contributed by atoms with Crippen molar-refractivity contribution in [2.45, 2.75) is 37.2 Å². The highest BCUT2D eigenvalue weighted by Crippen LogP contribution is 2.27. The second kappa shape index (κ2) is 10.2. The average Bonchev–Trinajstić information content (AvgIpc) is 2.79. The first-order chi connectivity index (χ1) is 15.8. The van der Waals surface area contributed by atoms with Gasteiger partial charge in [0.05, 0.1) is 29.4 Å². The van der Waals surface area contributed by atoms with Crippen LogP contribution >= 0.6 is 23.4 Å². The first-order valence-corrected chi connectivity index (χ1v) is 12.2. The molecular weight excluding hydrogens is 460 g/mol. The number of aromatic nitrogens is 2. The number of anilines is 2. The second-order valence-corrected chi connectivity index (χ2v) is 9.96. The Hall–Kier alpha value is -2.55.